The fraction of sp³-hybridized carbons (Fsp3) is 0.316. The molecular weight excluding hydrogens is 366 g/mol. The highest BCUT2D eigenvalue weighted by atomic mass is 35.5. The molecule has 0 radical (unpaired) electrons. The van der Waals surface area contributed by atoms with Crippen LogP contribution in [0.15, 0.2) is 40.9 Å². The molecule has 1 aromatic carbocycles. The highest BCUT2D eigenvalue weighted by molar-refractivity contribution is 6.31. The predicted molar refractivity (Wildman–Crippen MR) is 106 cm³/mol. The SMILES string of the molecule is CN(C)Cc1cc(NC(=O)NC(C)(C)c2nc3ccc(Cl)cc3o2)ccn1. The summed E-state index contributed by atoms with van der Waals surface area (Å²) >= 11 is 5.99. The third-order valence-corrected chi connectivity index (χ3v) is 4.10. The van der Waals surface area contributed by atoms with E-state index in [1.165, 1.54) is 0 Å². The number of urea groups is 1. The van der Waals surface area contributed by atoms with Crippen molar-refractivity contribution in [2.45, 2.75) is 25.9 Å². The zero-order valence-corrected chi connectivity index (χ0v) is 16.5. The summed E-state index contributed by atoms with van der Waals surface area (Å²) < 4.78 is 5.77. The molecule has 0 aliphatic rings. The third-order valence-electron chi connectivity index (χ3n) is 3.86. The summed E-state index contributed by atoms with van der Waals surface area (Å²) in [4.78, 5) is 23.2. The van der Waals surface area contributed by atoms with Crippen LogP contribution in [0.4, 0.5) is 10.5 Å². The van der Waals surface area contributed by atoms with Gasteiger partial charge in [0.25, 0.3) is 0 Å². The van der Waals surface area contributed by atoms with Crippen molar-refractivity contribution in [3.63, 3.8) is 0 Å². The molecule has 0 saturated carbocycles. The number of hydrogen-bond acceptors (Lipinski definition) is 5. The average Bonchev–Trinajstić information content (AvgIpc) is 2.98. The standard InChI is InChI=1S/C19H22ClN5O2/c1-19(2,17-23-15-6-5-12(20)9-16(15)27-17)24-18(26)22-13-7-8-21-14(10-13)11-25(3)4/h5-10H,11H2,1-4H3,(H2,21,22,24,26). The van der Waals surface area contributed by atoms with E-state index in [4.69, 9.17) is 16.0 Å². The molecule has 27 heavy (non-hydrogen) atoms. The summed E-state index contributed by atoms with van der Waals surface area (Å²) in [7, 11) is 3.93. The van der Waals surface area contributed by atoms with Crippen LogP contribution in [0.5, 0.6) is 0 Å². The van der Waals surface area contributed by atoms with E-state index < -0.39 is 5.54 Å². The first kappa shape index (κ1) is 19.1. The van der Waals surface area contributed by atoms with Crippen molar-refractivity contribution < 1.29 is 9.21 Å². The maximum Gasteiger partial charge on any atom is 0.320 e. The molecule has 0 saturated heterocycles. The second kappa shape index (κ2) is 7.54. The molecule has 8 heteroatoms. The van der Waals surface area contributed by atoms with Gasteiger partial charge in [-0.3, -0.25) is 4.98 Å². The summed E-state index contributed by atoms with van der Waals surface area (Å²) in [6.07, 6.45) is 1.67. The van der Waals surface area contributed by atoms with Gasteiger partial charge in [-0.15, -0.1) is 0 Å². The minimum absolute atomic E-state index is 0.359. The normalized spacial score (nSPS) is 11.8. The second-order valence-electron chi connectivity index (χ2n) is 7.11. The molecule has 2 aromatic heterocycles. The second-order valence-corrected chi connectivity index (χ2v) is 7.55. The number of pyridine rings is 1. The van der Waals surface area contributed by atoms with Crippen molar-refractivity contribution in [3.05, 3.63) is 53.1 Å². The number of benzene rings is 1. The van der Waals surface area contributed by atoms with Gasteiger partial charge in [0.1, 0.15) is 11.1 Å². The van der Waals surface area contributed by atoms with Gasteiger partial charge in [0, 0.05) is 29.5 Å². The molecule has 0 bridgehead atoms. The fourth-order valence-electron chi connectivity index (χ4n) is 2.63. The van der Waals surface area contributed by atoms with Crippen molar-refractivity contribution in [2.75, 3.05) is 19.4 Å². The molecular formula is C19H22ClN5O2. The number of oxazole rings is 1. The molecule has 0 spiro atoms. The van der Waals surface area contributed by atoms with Crippen molar-refractivity contribution in [1.82, 2.24) is 20.2 Å². The Hall–Kier alpha value is -2.64. The molecule has 0 atom stereocenters. The smallest absolute Gasteiger partial charge is 0.320 e. The fourth-order valence-corrected chi connectivity index (χ4v) is 2.79. The lowest BCUT2D eigenvalue weighted by atomic mass is 10.1. The Balaban J connectivity index is 1.72. The zero-order valence-electron chi connectivity index (χ0n) is 15.7. The van der Waals surface area contributed by atoms with Crippen LogP contribution in [0.25, 0.3) is 11.1 Å². The van der Waals surface area contributed by atoms with Gasteiger partial charge in [-0.25, -0.2) is 9.78 Å². The molecule has 0 aliphatic carbocycles. The zero-order chi connectivity index (χ0) is 19.6. The lowest BCUT2D eigenvalue weighted by molar-refractivity contribution is 0.235. The number of anilines is 1. The number of fused-ring (bicyclic) bond motifs is 1. The number of nitrogens with zero attached hydrogens (tertiary/aromatic N) is 3. The molecule has 0 unspecified atom stereocenters. The van der Waals surface area contributed by atoms with Gasteiger partial charge in [-0.2, -0.15) is 0 Å². The number of carbonyl (C=O) groups is 1. The Bertz CT molecular complexity index is 968. The van der Waals surface area contributed by atoms with Gasteiger partial charge >= 0.3 is 6.03 Å². The molecule has 2 N–H and O–H groups in total. The quantitative estimate of drug-likeness (QED) is 0.691. The van der Waals surface area contributed by atoms with E-state index >= 15 is 0 Å². The Morgan fingerprint density at radius 3 is 2.78 bits per heavy atom. The highest BCUT2D eigenvalue weighted by Crippen LogP contribution is 2.26. The van der Waals surface area contributed by atoms with Gasteiger partial charge < -0.3 is 20.0 Å². The summed E-state index contributed by atoms with van der Waals surface area (Å²) in [5.41, 5.74) is 1.99. The predicted octanol–water partition coefficient (Wildman–Crippen LogP) is 3.99. The molecule has 0 aliphatic heterocycles. The summed E-state index contributed by atoms with van der Waals surface area (Å²) in [5.74, 6) is 0.401. The van der Waals surface area contributed by atoms with Crippen LogP contribution in [-0.4, -0.2) is 35.0 Å². The van der Waals surface area contributed by atoms with Crippen LogP contribution in [0.3, 0.4) is 0 Å². The number of amides is 2. The van der Waals surface area contributed by atoms with Crippen molar-refractivity contribution in [1.29, 1.82) is 0 Å². The van der Waals surface area contributed by atoms with E-state index in [0.29, 0.717) is 34.2 Å². The Morgan fingerprint density at radius 2 is 2.04 bits per heavy atom. The van der Waals surface area contributed by atoms with E-state index in [2.05, 4.69) is 20.6 Å². The molecule has 2 heterocycles. The Kier molecular flexibility index (Phi) is 5.34. The first-order valence-corrected chi connectivity index (χ1v) is 8.86. The van der Waals surface area contributed by atoms with E-state index in [-0.39, 0.29) is 6.03 Å². The largest absolute Gasteiger partial charge is 0.438 e. The lowest BCUT2D eigenvalue weighted by Gasteiger charge is -2.22. The lowest BCUT2D eigenvalue weighted by Crippen LogP contribution is -2.43. The maximum absolute atomic E-state index is 12.5. The molecule has 2 amide bonds. The number of rotatable bonds is 5. The van der Waals surface area contributed by atoms with Crippen LogP contribution >= 0.6 is 11.6 Å². The summed E-state index contributed by atoms with van der Waals surface area (Å²) in [6.45, 7) is 4.33. The van der Waals surface area contributed by atoms with Crippen molar-refractivity contribution in [2.24, 2.45) is 0 Å². The summed E-state index contributed by atoms with van der Waals surface area (Å²) in [5, 5.41) is 6.28. The van der Waals surface area contributed by atoms with Gasteiger partial charge in [0.2, 0.25) is 5.89 Å². The van der Waals surface area contributed by atoms with Gasteiger partial charge in [-0.05, 0) is 52.2 Å². The minimum atomic E-state index is -0.810. The molecule has 142 valence electrons. The maximum atomic E-state index is 12.5. The Labute approximate surface area is 162 Å². The average molecular weight is 388 g/mol. The van der Waals surface area contributed by atoms with E-state index in [1.54, 1.807) is 30.5 Å². The van der Waals surface area contributed by atoms with Gasteiger partial charge in [-0.1, -0.05) is 11.6 Å². The van der Waals surface area contributed by atoms with Crippen molar-refractivity contribution >= 4 is 34.4 Å². The Morgan fingerprint density at radius 1 is 1.26 bits per heavy atom. The van der Waals surface area contributed by atoms with Crippen LogP contribution in [-0.2, 0) is 12.1 Å². The van der Waals surface area contributed by atoms with Crippen LogP contribution in [0.1, 0.15) is 25.4 Å². The highest BCUT2D eigenvalue weighted by Gasteiger charge is 2.29. The molecule has 0 fully saturated rings. The topological polar surface area (TPSA) is 83.3 Å². The monoisotopic (exact) mass is 387 g/mol. The molecule has 7 nitrogen and oxygen atoms in total. The van der Waals surface area contributed by atoms with Gasteiger partial charge in [0.05, 0.1) is 5.69 Å². The van der Waals surface area contributed by atoms with E-state index in [1.807, 2.05) is 38.9 Å². The van der Waals surface area contributed by atoms with E-state index in [9.17, 15) is 4.79 Å². The summed E-state index contributed by atoms with van der Waals surface area (Å²) in [6, 6.07) is 8.46. The van der Waals surface area contributed by atoms with Crippen molar-refractivity contribution in [3.8, 4) is 0 Å². The van der Waals surface area contributed by atoms with Crippen LogP contribution in [0, 0.1) is 0 Å². The molecule has 3 aromatic rings. The molecule has 3 rings (SSSR count). The first-order valence-electron chi connectivity index (χ1n) is 8.48. The number of halogens is 1. The third kappa shape index (κ3) is 4.75. The van der Waals surface area contributed by atoms with Crippen LogP contribution < -0.4 is 10.6 Å². The number of aromatic nitrogens is 2. The van der Waals surface area contributed by atoms with Crippen LogP contribution in [0.2, 0.25) is 5.02 Å². The van der Waals surface area contributed by atoms with Gasteiger partial charge in [0.15, 0.2) is 5.58 Å². The first-order chi connectivity index (χ1) is 12.7. The minimum Gasteiger partial charge on any atom is -0.438 e. The number of hydrogen-bond donors (Lipinski definition) is 2. The van der Waals surface area contributed by atoms with E-state index in [0.717, 1.165) is 5.69 Å². The number of nitrogens with one attached hydrogen (secondary N) is 2. The number of carbonyl (C=O) groups excluding carboxylic acids is 1.